The highest BCUT2D eigenvalue weighted by Gasteiger charge is 2.59. The minimum Gasteiger partial charge on any atom is -0.380 e. The van der Waals surface area contributed by atoms with Crippen LogP contribution in [-0.4, -0.2) is 30.6 Å². The van der Waals surface area contributed by atoms with Crippen molar-refractivity contribution in [3.8, 4) is 0 Å². The molecule has 2 heterocycles. The molecular weight excluding hydrogens is 339 g/mol. The Morgan fingerprint density at radius 3 is 2.46 bits per heavy atom. The molecule has 2 aliphatic rings. The summed E-state index contributed by atoms with van der Waals surface area (Å²) in [6.07, 6.45) is -4.98. The topological polar surface area (TPSA) is 21.6 Å². The van der Waals surface area contributed by atoms with Gasteiger partial charge in [0.25, 0.3) is 0 Å². The van der Waals surface area contributed by atoms with E-state index in [1.54, 1.807) is 0 Å². The third-order valence-electron chi connectivity index (χ3n) is 5.72. The molecule has 0 bridgehead atoms. The van der Waals surface area contributed by atoms with Gasteiger partial charge in [-0.05, 0) is 12.0 Å². The van der Waals surface area contributed by atoms with Crippen LogP contribution in [0.4, 0.5) is 13.2 Å². The molecule has 0 spiro atoms. The molecule has 1 fully saturated rings. The molecule has 2 aliphatic heterocycles. The van der Waals surface area contributed by atoms with Gasteiger partial charge in [0.15, 0.2) is 0 Å². The van der Waals surface area contributed by atoms with Crippen LogP contribution in [0, 0.1) is 0 Å². The summed E-state index contributed by atoms with van der Waals surface area (Å²) in [6, 6.07) is 17.1. The number of hydrogen-bond acceptors (Lipinski definition) is 2. The molecule has 26 heavy (non-hydrogen) atoms. The van der Waals surface area contributed by atoms with Gasteiger partial charge in [0.05, 0.1) is 24.3 Å². The maximum absolute atomic E-state index is 13.6. The highest BCUT2D eigenvalue weighted by molar-refractivity contribution is 6.15. The molecule has 5 heteroatoms. The molecule has 0 N–H and O–H groups in total. The first-order valence-electron chi connectivity index (χ1n) is 8.74. The van der Waals surface area contributed by atoms with Crippen molar-refractivity contribution in [1.29, 1.82) is 0 Å². The van der Waals surface area contributed by atoms with Crippen molar-refractivity contribution in [2.75, 3.05) is 13.2 Å². The second-order valence-electron chi connectivity index (χ2n) is 7.33. The molecular formula is C21H20F3NO. The summed E-state index contributed by atoms with van der Waals surface area (Å²) < 4.78 is 46.4. The van der Waals surface area contributed by atoms with Crippen LogP contribution in [0.25, 0.3) is 0 Å². The minimum absolute atomic E-state index is 0.242. The molecule has 0 amide bonds. The van der Waals surface area contributed by atoms with E-state index in [2.05, 4.69) is 0 Å². The Bertz CT molecular complexity index is 846. The van der Waals surface area contributed by atoms with Gasteiger partial charge in [-0.2, -0.15) is 13.2 Å². The Morgan fingerprint density at radius 1 is 1.04 bits per heavy atom. The molecule has 0 aliphatic carbocycles. The monoisotopic (exact) mass is 359 g/mol. The second-order valence-corrected chi connectivity index (χ2v) is 7.33. The van der Waals surface area contributed by atoms with Gasteiger partial charge in [0.1, 0.15) is 0 Å². The van der Waals surface area contributed by atoms with E-state index in [1.807, 2.05) is 61.5 Å². The van der Waals surface area contributed by atoms with Gasteiger partial charge in [-0.3, -0.25) is 4.99 Å². The smallest absolute Gasteiger partial charge is 0.380 e. The fourth-order valence-corrected chi connectivity index (χ4v) is 4.35. The number of ether oxygens (including phenoxy) is 1. The highest BCUT2D eigenvalue weighted by Crippen LogP contribution is 2.52. The Hall–Kier alpha value is -2.14. The number of rotatable bonds is 2. The number of benzene rings is 2. The predicted molar refractivity (Wildman–Crippen MR) is 94.7 cm³/mol. The SMILES string of the molecule is C[C@]12COCC[C@@]1(CC(F)(F)F)N=C(c1ccccc1)c1ccccc12. The predicted octanol–water partition coefficient (Wildman–Crippen LogP) is 4.91. The van der Waals surface area contributed by atoms with Crippen LogP contribution in [0.15, 0.2) is 59.6 Å². The summed E-state index contributed by atoms with van der Waals surface area (Å²) in [5.74, 6) is 0. The summed E-state index contributed by atoms with van der Waals surface area (Å²) in [4.78, 5) is 4.82. The molecule has 2 atom stereocenters. The third-order valence-corrected chi connectivity index (χ3v) is 5.72. The zero-order valence-corrected chi connectivity index (χ0v) is 14.5. The van der Waals surface area contributed by atoms with Gasteiger partial charge in [-0.25, -0.2) is 0 Å². The van der Waals surface area contributed by atoms with Crippen molar-refractivity contribution >= 4 is 5.71 Å². The first-order chi connectivity index (χ1) is 12.3. The molecule has 136 valence electrons. The molecule has 0 radical (unpaired) electrons. The summed E-state index contributed by atoms with van der Waals surface area (Å²) in [5, 5.41) is 0. The van der Waals surface area contributed by atoms with E-state index in [1.165, 1.54) is 0 Å². The molecule has 2 aromatic carbocycles. The van der Waals surface area contributed by atoms with Crippen molar-refractivity contribution in [2.45, 2.75) is 36.9 Å². The average Bonchev–Trinajstić information content (AvgIpc) is 2.61. The van der Waals surface area contributed by atoms with E-state index < -0.39 is 23.6 Å². The van der Waals surface area contributed by atoms with Crippen LogP contribution >= 0.6 is 0 Å². The second kappa shape index (κ2) is 5.95. The molecule has 2 aromatic rings. The lowest BCUT2D eigenvalue weighted by molar-refractivity contribution is -0.164. The van der Waals surface area contributed by atoms with Crippen LogP contribution in [0.1, 0.15) is 36.5 Å². The number of aliphatic imine (C=N–C) groups is 1. The van der Waals surface area contributed by atoms with Gasteiger partial charge in [0, 0.05) is 23.1 Å². The van der Waals surface area contributed by atoms with Crippen molar-refractivity contribution in [3.05, 3.63) is 71.3 Å². The van der Waals surface area contributed by atoms with Gasteiger partial charge in [-0.1, -0.05) is 61.5 Å². The first-order valence-corrected chi connectivity index (χ1v) is 8.74. The number of fused-ring (bicyclic) bond motifs is 3. The first kappa shape index (κ1) is 17.3. The van der Waals surface area contributed by atoms with Gasteiger partial charge in [0.2, 0.25) is 0 Å². The summed E-state index contributed by atoms with van der Waals surface area (Å²) >= 11 is 0. The zero-order valence-electron chi connectivity index (χ0n) is 14.5. The van der Waals surface area contributed by atoms with Crippen LogP contribution in [0.5, 0.6) is 0 Å². The highest BCUT2D eigenvalue weighted by atomic mass is 19.4. The van der Waals surface area contributed by atoms with E-state index in [0.717, 1.165) is 16.7 Å². The number of hydrogen-bond donors (Lipinski definition) is 0. The van der Waals surface area contributed by atoms with Crippen LogP contribution < -0.4 is 0 Å². The Balaban J connectivity index is 1.99. The fraction of sp³-hybridized carbons (Fsp3) is 0.381. The third kappa shape index (κ3) is 2.65. The maximum atomic E-state index is 13.6. The molecule has 2 nitrogen and oxygen atoms in total. The summed E-state index contributed by atoms with van der Waals surface area (Å²) in [7, 11) is 0. The number of alkyl halides is 3. The lowest BCUT2D eigenvalue weighted by Crippen LogP contribution is -2.59. The lowest BCUT2D eigenvalue weighted by Gasteiger charge is -2.53. The van der Waals surface area contributed by atoms with Gasteiger partial charge >= 0.3 is 6.18 Å². The normalized spacial score (nSPS) is 28.1. The average molecular weight is 359 g/mol. The number of halogens is 3. The van der Waals surface area contributed by atoms with Crippen LogP contribution in [0.2, 0.25) is 0 Å². The van der Waals surface area contributed by atoms with Crippen LogP contribution in [-0.2, 0) is 10.2 Å². The van der Waals surface area contributed by atoms with E-state index in [0.29, 0.717) is 12.3 Å². The van der Waals surface area contributed by atoms with E-state index in [-0.39, 0.29) is 13.0 Å². The molecule has 0 unspecified atom stereocenters. The van der Waals surface area contributed by atoms with Gasteiger partial charge < -0.3 is 4.74 Å². The Labute approximate surface area is 150 Å². The van der Waals surface area contributed by atoms with Crippen molar-refractivity contribution < 1.29 is 17.9 Å². The fourth-order valence-electron chi connectivity index (χ4n) is 4.35. The van der Waals surface area contributed by atoms with E-state index in [4.69, 9.17) is 9.73 Å². The largest absolute Gasteiger partial charge is 0.391 e. The Kier molecular flexibility index (Phi) is 3.95. The molecule has 1 saturated heterocycles. The molecule has 0 aromatic heterocycles. The standard InChI is InChI=1S/C21H20F3NO/c1-19-14-26-12-11-20(19,13-21(22,23)24)25-18(15-7-3-2-4-8-15)16-9-5-6-10-17(16)19/h2-10H,11-14H2,1H3/t19-,20+/m1/s1. The quantitative estimate of drug-likeness (QED) is 0.747. The van der Waals surface area contributed by atoms with E-state index in [9.17, 15) is 13.2 Å². The lowest BCUT2D eigenvalue weighted by atomic mass is 9.59. The summed E-state index contributed by atoms with van der Waals surface area (Å²) in [6.45, 7) is 2.40. The molecule has 0 saturated carbocycles. The maximum Gasteiger partial charge on any atom is 0.391 e. The number of nitrogens with zero attached hydrogens (tertiary/aromatic N) is 1. The summed E-state index contributed by atoms with van der Waals surface area (Å²) in [5.41, 5.74) is 1.21. The van der Waals surface area contributed by atoms with Crippen molar-refractivity contribution in [1.82, 2.24) is 0 Å². The van der Waals surface area contributed by atoms with Crippen LogP contribution in [0.3, 0.4) is 0 Å². The molecule has 4 rings (SSSR count). The minimum atomic E-state index is -4.30. The zero-order chi connectivity index (χ0) is 18.4. The van der Waals surface area contributed by atoms with Crippen molar-refractivity contribution in [3.63, 3.8) is 0 Å². The Morgan fingerprint density at radius 2 is 1.73 bits per heavy atom. The van der Waals surface area contributed by atoms with E-state index >= 15 is 0 Å². The van der Waals surface area contributed by atoms with Crippen molar-refractivity contribution in [2.24, 2.45) is 4.99 Å². The van der Waals surface area contributed by atoms with Gasteiger partial charge in [-0.15, -0.1) is 0 Å².